The van der Waals surface area contributed by atoms with Crippen LogP contribution in [0.3, 0.4) is 0 Å². The second-order valence-corrected chi connectivity index (χ2v) is 4.76. The molecule has 1 unspecified atom stereocenters. The van der Waals surface area contributed by atoms with Gasteiger partial charge in [0.25, 0.3) is 0 Å². The Hall–Kier alpha value is -1.06. The van der Waals surface area contributed by atoms with Gasteiger partial charge in [0.1, 0.15) is 5.75 Å². The van der Waals surface area contributed by atoms with Crippen molar-refractivity contribution in [1.29, 1.82) is 0 Å². The first-order chi connectivity index (χ1) is 7.65. The van der Waals surface area contributed by atoms with E-state index in [1.807, 2.05) is 19.1 Å². The van der Waals surface area contributed by atoms with Crippen LogP contribution in [-0.2, 0) is 6.54 Å². The highest BCUT2D eigenvalue weighted by molar-refractivity contribution is 5.35. The molecule has 3 nitrogen and oxygen atoms in total. The molecule has 0 amide bonds. The van der Waals surface area contributed by atoms with E-state index in [0.717, 1.165) is 25.2 Å². The molecule has 1 heterocycles. The molecule has 0 saturated carbocycles. The minimum Gasteiger partial charge on any atom is -0.508 e. The van der Waals surface area contributed by atoms with Gasteiger partial charge in [-0.2, -0.15) is 0 Å². The van der Waals surface area contributed by atoms with Crippen molar-refractivity contribution in [3.8, 4) is 5.75 Å². The third kappa shape index (κ3) is 2.74. The molecule has 0 aliphatic carbocycles. The predicted octanol–water partition coefficient (Wildman–Crippen LogP) is 1.49. The second kappa shape index (κ2) is 4.85. The minimum absolute atomic E-state index is 0.393. The van der Waals surface area contributed by atoms with Crippen molar-refractivity contribution in [3.05, 3.63) is 29.3 Å². The van der Waals surface area contributed by atoms with Crippen LogP contribution in [0.25, 0.3) is 0 Å². The van der Waals surface area contributed by atoms with E-state index < -0.39 is 0 Å². The fourth-order valence-corrected chi connectivity index (χ4v) is 2.21. The second-order valence-electron chi connectivity index (χ2n) is 4.76. The number of hydrogen-bond acceptors (Lipinski definition) is 3. The summed E-state index contributed by atoms with van der Waals surface area (Å²) in [4.78, 5) is 2.33. The lowest BCUT2D eigenvalue weighted by molar-refractivity contribution is 0.396. The quantitative estimate of drug-likeness (QED) is 0.810. The number of nitrogens with one attached hydrogen (secondary N) is 1. The lowest BCUT2D eigenvalue weighted by Crippen LogP contribution is -2.30. The summed E-state index contributed by atoms with van der Waals surface area (Å²) in [6.07, 6.45) is 1.20. The molecule has 0 aromatic heterocycles. The van der Waals surface area contributed by atoms with Crippen molar-refractivity contribution in [2.24, 2.45) is 0 Å². The predicted molar refractivity (Wildman–Crippen MR) is 65.6 cm³/mol. The monoisotopic (exact) mass is 220 g/mol. The molecule has 1 aromatic rings. The lowest BCUT2D eigenvalue weighted by Gasteiger charge is -2.13. The van der Waals surface area contributed by atoms with Gasteiger partial charge in [0.15, 0.2) is 0 Å². The van der Waals surface area contributed by atoms with Crippen LogP contribution in [-0.4, -0.2) is 36.2 Å². The van der Waals surface area contributed by atoms with Crippen LogP contribution in [0, 0.1) is 6.92 Å². The van der Waals surface area contributed by atoms with E-state index in [1.165, 1.54) is 12.0 Å². The van der Waals surface area contributed by atoms with Gasteiger partial charge in [0, 0.05) is 24.7 Å². The molecular formula is C13H20N2O. The van der Waals surface area contributed by atoms with E-state index in [9.17, 15) is 5.11 Å². The summed E-state index contributed by atoms with van der Waals surface area (Å²) < 4.78 is 0. The Morgan fingerprint density at radius 3 is 3.00 bits per heavy atom. The number of phenols is 1. The van der Waals surface area contributed by atoms with Crippen molar-refractivity contribution >= 4 is 0 Å². The molecule has 2 N–H and O–H groups in total. The van der Waals surface area contributed by atoms with Crippen molar-refractivity contribution in [2.75, 3.05) is 20.1 Å². The van der Waals surface area contributed by atoms with Crippen molar-refractivity contribution in [3.63, 3.8) is 0 Å². The van der Waals surface area contributed by atoms with Gasteiger partial charge in [-0.1, -0.05) is 17.7 Å². The highest BCUT2D eigenvalue weighted by atomic mass is 16.3. The molecule has 1 atom stereocenters. The normalized spacial score (nSPS) is 21.5. The van der Waals surface area contributed by atoms with Gasteiger partial charge in [0.2, 0.25) is 0 Å². The van der Waals surface area contributed by atoms with Crippen LogP contribution in [0.4, 0.5) is 0 Å². The van der Waals surface area contributed by atoms with Gasteiger partial charge in [0.05, 0.1) is 0 Å². The third-order valence-electron chi connectivity index (χ3n) is 3.21. The SMILES string of the molecule is Cc1ccc(O)c(CNC2CCN(C)C2)c1. The summed E-state index contributed by atoms with van der Waals surface area (Å²) in [6.45, 7) is 5.07. The minimum atomic E-state index is 0.393. The van der Waals surface area contributed by atoms with Gasteiger partial charge in [-0.15, -0.1) is 0 Å². The highest BCUT2D eigenvalue weighted by Crippen LogP contribution is 2.18. The average molecular weight is 220 g/mol. The van der Waals surface area contributed by atoms with E-state index in [4.69, 9.17) is 0 Å². The number of likely N-dealkylation sites (N-methyl/N-ethyl adjacent to an activating group) is 1. The van der Waals surface area contributed by atoms with Crippen LogP contribution < -0.4 is 5.32 Å². The van der Waals surface area contributed by atoms with Gasteiger partial charge >= 0.3 is 0 Å². The summed E-state index contributed by atoms with van der Waals surface area (Å²) in [6, 6.07) is 6.31. The summed E-state index contributed by atoms with van der Waals surface area (Å²) in [5, 5.41) is 13.2. The smallest absolute Gasteiger partial charge is 0.120 e. The molecule has 1 aromatic carbocycles. The van der Waals surface area contributed by atoms with E-state index in [1.54, 1.807) is 6.07 Å². The maximum absolute atomic E-state index is 9.71. The van der Waals surface area contributed by atoms with Gasteiger partial charge in [-0.25, -0.2) is 0 Å². The molecule has 0 spiro atoms. The number of aromatic hydroxyl groups is 1. The van der Waals surface area contributed by atoms with Gasteiger partial charge in [-0.3, -0.25) is 0 Å². The maximum atomic E-state index is 9.71. The molecule has 16 heavy (non-hydrogen) atoms. The number of rotatable bonds is 3. The first kappa shape index (κ1) is 11.4. The Bertz CT molecular complexity index is 365. The average Bonchev–Trinajstić information content (AvgIpc) is 2.66. The molecule has 3 heteroatoms. The highest BCUT2D eigenvalue weighted by Gasteiger charge is 2.18. The van der Waals surface area contributed by atoms with Crippen LogP contribution in [0.15, 0.2) is 18.2 Å². The van der Waals surface area contributed by atoms with Crippen LogP contribution >= 0.6 is 0 Å². The zero-order valence-corrected chi connectivity index (χ0v) is 10.0. The summed E-state index contributed by atoms with van der Waals surface area (Å²) in [5.41, 5.74) is 2.19. The number of aryl methyl sites for hydroxylation is 1. The van der Waals surface area contributed by atoms with Crippen LogP contribution in [0.5, 0.6) is 5.75 Å². The Morgan fingerprint density at radius 2 is 2.31 bits per heavy atom. The topological polar surface area (TPSA) is 35.5 Å². The van der Waals surface area contributed by atoms with Crippen molar-refractivity contribution in [2.45, 2.75) is 25.9 Å². The maximum Gasteiger partial charge on any atom is 0.120 e. The molecule has 1 fully saturated rings. The number of nitrogens with zero attached hydrogens (tertiary/aromatic N) is 1. The van der Waals surface area contributed by atoms with Crippen LogP contribution in [0.2, 0.25) is 0 Å². The van der Waals surface area contributed by atoms with Crippen LogP contribution in [0.1, 0.15) is 17.5 Å². The summed E-state index contributed by atoms with van der Waals surface area (Å²) in [7, 11) is 2.14. The number of likely N-dealkylation sites (tertiary alicyclic amines) is 1. The number of benzene rings is 1. The zero-order chi connectivity index (χ0) is 11.5. The molecule has 1 aliphatic heterocycles. The van der Waals surface area contributed by atoms with E-state index in [0.29, 0.717) is 11.8 Å². The molecule has 0 bridgehead atoms. The molecule has 88 valence electrons. The summed E-state index contributed by atoms with van der Waals surface area (Å²) in [5.74, 6) is 0.393. The van der Waals surface area contributed by atoms with Gasteiger partial charge in [-0.05, 0) is 33.0 Å². The molecule has 1 aliphatic rings. The Balaban J connectivity index is 1.91. The first-order valence-corrected chi connectivity index (χ1v) is 5.85. The van der Waals surface area contributed by atoms with E-state index in [2.05, 4.69) is 17.3 Å². The Kier molecular flexibility index (Phi) is 3.46. The number of phenolic OH excluding ortho intramolecular Hbond substituents is 1. The zero-order valence-electron chi connectivity index (χ0n) is 10.0. The van der Waals surface area contributed by atoms with Crippen molar-refractivity contribution < 1.29 is 5.11 Å². The third-order valence-corrected chi connectivity index (χ3v) is 3.21. The fourth-order valence-electron chi connectivity index (χ4n) is 2.21. The molecule has 1 saturated heterocycles. The first-order valence-electron chi connectivity index (χ1n) is 5.85. The number of hydrogen-bond donors (Lipinski definition) is 2. The lowest BCUT2D eigenvalue weighted by atomic mass is 10.1. The molecule has 0 radical (unpaired) electrons. The van der Waals surface area contributed by atoms with Crippen molar-refractivity contribution in [1.82, 2.24) is 10.2 Å². The fraction of sp³-hybridized carbons (Fsp3) is 0.538. The Morgan fingerprint density at radius 1 is 1.50 bits per heavy atom. The van der Waals surface area contributed by atoms with E-state index in [-0.39, 0.29) is 0 Å². The van der Waals surface area contributed by atoms with E-state index >= 15 is 0 Å². The summed E-state index contributed by atoms with van der Waals surface area (Å²) >= 11 is 0. The Labute approximate surface area is 97.1 Å². The largest absolute Gasteiger partial charge is 0.508 e. The molecular weight excluding hydrogens is 200 g/mol. The standard InChI is InChI=1S/C13H20N2O/c1-10-3-4-13(16)11(7-10)8-14-12-5-6-15(2)9-12/h3-4,7,12,14,16H,5-6,8-9H2,1-2H3. The van der Waals surface area contributed by atoms with Gasteiger partial charge < -0.3 is 15.3 Å². The molecule has 2 rings (SSSR count).